The van der Waals surface area contributed by atoms with Crippen LogP contribution in [0.3, 0.4) is 0 Å². The fourth-order valence-corrected chi connectivity index (χ4v) is 12.6. The van der Waals surface area contributed by atoms with Gasteiger partial charge in [0.05, 0.1) is 11.4 Å². The Bertz CT molecular complexity index is 3120. The van der Waals surface area contributed by atoms with Crippen LogP contribution in [0.25, 0.3) is 32.3 Å². The van der Waals surface area contributed by atoms with Gasteiger partial charge in [-0.3, -0.25) is 0 Å². The normalized spacial score (nSPS) is 16.0. The van der Waals surface area contributed by atoms with E-state index in [1.807, 2.05) is 11.3 Å². The fourth-order valence-electron chi connectivity index (χ4n) is 11.2. The summed E-state index contributed by atoms with van der Waals surface area (Å²) >= 11 is 2.01. The predicted molar refractivity (Wildman–Crippen MR) is 284 cm³/mol. The van der Waals surface area contributed by atoms with Gasteiger partial charge in [-0.05, 0) is 140 Å². The molecule has 0 unspecified atom stereocenters. The van der Waals surface area contributed by atoms with Crippen LogP contribution in [0, 0.1) is 6.92 Å². The lowest BCUT2D eigenvalue weighted by atomic mass is 9.35. The monoisotopic (exact) mass is 864 g/mol. The lowest BCUT2D eigenvalue weighted by molar-refractivity contribution is 0.332. The molecule has 0 atom stereocenters. The Hall–Kier alpha value is -5.84. The number of aryl methyl sites for hydroxylation is 1. The van der Waals surface area contributed by atoms with Gasteiger partial charge in [-0.1, -0.05) is 166 Å². The van der Waals surface area contributed by atoms with Crippen LogP contribution in [0.1, 0.15) is 110 Å². The van der Waals surface area contributed by atoms with Crippen molar-refractivity contribution in [2.24, 2.45) is 0 Å². The summed E-state index contributed by atoms with van der Waals surface area (Å²) in [4.78, 5) is 5.34. The maximum Gasteiger partial charge on any atom is 0.264 e. The molecular formula is C61H61BN2S. The maximum atomic E-state index is 2.73. The van der Waals surface area contributed by atoms with Gasteiger partial charge in [-0.2, -0.15) is 0 Å². The van der Waals surface area contributed by atoms with Crippen molar-refractivity contribution in [3.05, 3.63) is 173 Å². The third-order valence-corrected chi connectivity index (χ3v) is 16.2. The van der Waals surface area contributed by atoms with E-state index in [9.17, 15) is 0 Å². The van der Waals surface area contributed by atoms with Gasteiger partial charge in [0.2, 0.25) is 0 Å². The Morgan fingerprint density at radius 2 is 1.05 bits per heavy atom. The van der Waals surface area contributed by atoms with Crippen LogP contribution in [0.5, 0.6) is 0 Å². The Labute approximate surface area is 392 Å². The number of fused-ring (bicyclic) bond motifs is 7. The van der Waals surface area contributed by atoms with Gasteiger partial charge in [0.1, 0.15) is 0 Å². The summed E-state index contributed by atoms with van der Waals surface area (Å²) in [5, 5.41) is 1.33. The molecule has 0 N–H and O–H groups in total. The van der Waals surface area contributed by atoms with E-state index < -0.39 is 0 Å². The highest BCUT2D eigenvalue weighted by atomic mass is 32.1. The summed E-state index contributed by atoms with van der Waals surface area (Å²) in [6, 6.07) is 56.1. The van der Waals surface area contributed by atoms with E-state index in [2.05, 4.69) is 232 Å². The van der Waals surface area contributed by atoms with Gasteiger partial charge in [0.15, 0.2) is 0 Å². The molecule has 7 aromatic carbocycles. The molecule has 8 aromatic rings. The maximum absolute atomic E-state index is 2.73. The number of hydrogen-bond acceptors (Lipinski definition) is 3. The zero-order valence-corrected chi connectivity index (χ0v) is 41.0. The van der Waals surface area contributed by atoms with Gasteiger partial charge < -0.3 is 9.80 Å². The van der Waals surface area contributed by atoms with Crippen molar-refractivity contribution in [1.29, 1.82) is 0 Å². The first-order valence-electron chi connectivity index (χ1n) is 23.8. The number of hydrogen-bond donors (Lipinski definition) is 0. The van der Waals surface area contributed by atoms with Crippen molar-refractivity contribution in [1.82, 2.24) is 0 Å². The highest BCUT2D eigenvalue weighted by Crippen LogP contribution is 2.55. The molecule has 3 aliphatic rings. The minimum absolute atomic E-state index is 0.0208. The summed E-state index contributed by atoms with van der Waals surface area (Å²) < 4.78 is 2.78. The zero-order chi connectivity index (χ0) is 45.4. The molecule has 0 amide bonds. The van der Waals surface area contributed by atoms with E-state index in [1.165, 1.54) is 110 Å². The van der Waals surface area contributed by atoms with Gasteiger partial charge in [0.25, 0.3) is 6.71 Å². The number of thiophene rings is 1. The third kappa shape index (κ3) is 6.65. The molecule has 0 bridgehead atoms. The molecule has 1 aromatic heterocycles. The Morgan fingerprint density at radius 3 is 1.60 bits per heavy atom. The first-order chi connectivity index (χ1) is 30.9. The molecule has 0 radical (unpaired) electrons. The summed E-state index contributed by atoms with van der Waals surface area (Å²) in [5.74, 6) is 0. The molecule has 2 nitrogen and oxygen atoms in total. The van der Waals surface area contributed by atoms with E-state index in [-0.39, 0.29) is 28.4 Å². The van der Waals surface area contributed by atoms with E-state index in [4.69, 9.17) is 0 Å². The highest BCUT2D eigenvalue weighted by molar-refractivity contribution is 7.33. The predicted octanol–water partition coefficient (Wildman–Crippen LogP) is 15.6. The molecule has 3 heterocycles. The summed E-state index contributed by atoms with van der Waals surface area (Å²) in [5.41, 5.74) is 22.3. The molecule has 4 heteroatoms. The number of anilines is 6. The molecule has 1 aliphatic carbocycles. The third-order valence-electron chi connectivity index (χ3n) is 15.0. The quantitative estimate of drug-likeness (QED) is 0.163. The standard InChI is InChI=1S/C61H61BN2S/c1-38-31-51-54-52(32-38)64(55-45(39-21-15-12-16-22-39)33-42(59(5,6)7)34-46(55)40-23-17-13-18-24-40)50-37-48-47(60(8,9)29-30-61(48,10)11)36-49(50)62(54)57-56(63(51)43-25-19-14-20-26-43)44-28-27-41(58(2,3)4)35-53(44)65-57/h12-28,31-37H,29-30H2,1-11H3. The Morgan fingerprint density at radius 1 is 0.523 bits per heavy atom. The average Bonchev–Trinajstić information content (AvgIpc) is 3.66. The lowest BCUT2D eigenvalue weighted by Crippen LogP contribution is -2.61. The summed E-state index contributed by atoms with van der Waals surface area (Å²) in [6.07, 6.45) is 2.32. The SMILES string of the molecule is Cc1cc2c3c(c1)N(c1ccccc1)c1c(sc4cc(C(C)(C)C)ccc14)B3c1cc3c(cc1N2c1c(-c2ccccc2)cc(C(C)(C)C)cc1-c1ccccc1)C(C)(C)CCC3(C)C. The molecule has 324 valence electrons. The second-order valence-corrected chi connectivity index (χ2v) is 23.6. The van der Waals surface area contributed by atoms with Crippen LogP contribution in [0.15, 0.2) is 146 Å². The van der Waals surface area contributed by atoms with Crippen molar-refractivity contribution in [2.75, 3.05) is 9.80 Å². The molecule has 0 saturated heterocycles. The van der Waals surface area contributed by atoms with Crippen molar-refractivity contribution in [2.45, 2.75) is 111 Å². The minimum atomic E-state index is -0.0751. The number of benzene rings is 7. The van der Waals surface area contributed by atoms with Crippen LogP contribution in [-0.2, 0) is 21.7 Å². The lowest BCUT2D eigenvalue weighted by Gasteiger charge is -2.47. The molecule has 11 rings (SSSR count). The van der Waals surface area contributed by atoms with Crippen LogP contribution in [-0.4, -0.2) is 6.71 Å². The van der Waals surface area contributed by atoms with Crippen molar-refractivity contribution < 1.29 is 0 Å². The molecule has 0 spiro atoms. The smallest absolute Gasteiger partial charge is 0.264 e. The summed E-state index contributed by atoms with van der Waals surface area (Å²) in [7, 11) is 0. The molecular weight excluding hydrogens is 804 g/mol. The first-order valence-corrected chi connectivity index (χ1v) is 24.6. The fraction of sp³-hybridized carbons (Fsp3) is 0.279. The van der Waals surface area contributed by atoms with Crippen molar-refractivity contribution in [3.63, 3.8) is 0 Å². The minimum Gasteiger partial charge on any atom is -0.310 e. The largest absolute Gasteiger partial charge is 0.310 e. The number of rotatable bonds is 4. The summed E-state index contributed by atoms with van der Waals surface area (Å²) in [6.45, 7) is 26.3. The van der Waals surface area contributed by atoms with Crippen molar-refractivity contribution >= 4 is 78.0 Å². The Balaban J connectivity index is 1.33. The van der Waals surface area contributed by atoms with Crippen LogP contribution < -0.4 is 25.5 Å². The molecule has 2 aliphatic heterocycles. The van der Waals surface area contributed by atoms with Gasteiger partial charge in [-0.15, -0.1) is 11.3 Å². The molecule has 0 saturated carbocycles. The second-order valence-electron chi connectivity index (χ2n) is 22.6. The van der Waals surface area contributed by atoms with Crippen LogP contribution in [0.2, 0.25) is 0 Å². The van der Waals surface area contributed by atoms with E-state index in [0.29, 0.717) is 0 Å². The number of nitrogens with zero attached hydrogens (tertiary/aromatic N) is 2. The first kappa shape index (κ1) is 41.8. The number of para-hydroxylation sites is 1. The van der Waals surface area contributed by atoms with Crippen molar-refractivity contribution in [3.8, 4) is 22.3 Å². The van der Waals surface area contributed by atoms with Gasteiger partial charge in [-0.25, -0.2) is 0 Å². The topological polar surface area (TPSA) is 6.48 Å². The zero-order valence-electron chi connectivity index (χ0n) is 40.2. The average molecular weight is 865 g/mol. The van der Waals surface area contributed by atoms with Gasteiger partial charge in [0, 0.05) is 48.7 Å². The van der Waals surface area contributed by atoms with Crippen LogP contribution in [0.4, 0.5) is 34.1 Å². The van der Waals surface area contributed by atoms with E-state index >= 15 is 0 Å². The van der Waals surface area contributed by atoms with E-state index in [0.717, 1.165) is 12.8 Å². The highest BCUT2D eigenvalue weighted by Gasteiger charge is 2.48. The van der Waals surface area contributed by atoms with E-state index in [1.54, 1.807) is 0 Å². The molecule has 65 heavy (non-hydrogen) atoms. The Kier molecular flexibility index (Phi) is 9.39. The van der Waals surface area contributed by atoms with Gasteiger partial charge >= 0.3 is 0 Å². The second kappa shape index (κ2) is 14.6. The molecule has 0 fully saturated rings. The van der Waals surface area contributed by atoms with Crippen LogP contribution >= 0.6 is 11.3 Å².